The zero-order chi connectivity index (χ0) is 10.9. The van der Waals surface area contributed by atoms with Crippen molar-refractivity contribution in [1.29, 1.82) is 0 Å². The maximum absolute atomic E-state index is 4.98. The van der Waals surface area contributed by atoms with Crippen molar-refractivity contribution in [2.75, 3.05) is 31.3 Å². The van der Waals surface area contributed by atoms with Gasteiger partial charge in [-0.2, -0.15) is 0 Å². The number of ether oxygens (including phenoxy) is 1. The molecule has 84 valence electrons. The van der Waals surface area contributed by atoms with Crippen LogP contribution in [0.5, 0.6) is 0 Å². The fraction of sp³-hybridized carbons (Fsp3) is 0.600. The Balaban J connectivity index is 2.36. The summed E-state index contributed by atoms with van der Waals surface area (Å²) in [4.78, 5) is 8.53. The summed E-state index contributed by atoms with van der Waals surface area (Å²) in [5.41, 5.74) is 0. The second-order valence-corrected chi connectivity index (χ2v) is 4.08. The SMILES string of the molecule is CCNc1cncc(SCCCOC)n1. The normalized spacial score (nSPS) is 10.3. The predicted molar refractivity (Wildman–Crippen MR) is 63.4 cm³/mol. The molecule has 4 nitrogen and oxygen atoms in total. The van der Waals surface area contributed by atoms with Crippen LogP contribution in [0.15, 0.2) is 17.4 Å². The molecule has 15 heavy (non-hydrogen) atoms. The molecule has 0 aliphatic rings. The van der Waals surface area contributed by atoms with Crippen LogP contribution in [-0.4, -0.2) is 36.0 Å². The molecule has 1 heterocycles. The van der Waals surface area contributed by atoms with Crippen LogP contribution in [0.1, 0.15) is 13.3 Å². The van der Waals surface area contributed by atoms with Gasteiger partial charge in [0.25, 0.3) is 0 Å². The first kappa shape index (κ1) is 12.3. The van der Waals surface area contributed by atoms with Gasteiger partial charge in [-0.15, -0.1) is 11.8 Å². The average Bonchev–Trinajstić information content (AvgIpc) is 2.26. The van der Waals surface area contributed by atoms with E-state index in [0.29, 0.717) is 0 Å². The molecule has 0 radical (unpaired) electrons. The van der Waals surface area contributed by atoms with Gasteiger partial charge in [-0.05, 0) is 13.3 Å². The first-order chi connectivity index (χ1) is 7.36. The summed E-state index contributed by atoms with van der Waals surface area (Å²) < 4.78 is 4.98. The van der Waals surface area contributed by atoms with Crippen LogP contribution in [0.4, 0.5) is 5.82 Å². The number of hydrogen-bond donors (Lipinski definition) is 1. The summed E-state index contributed by atoms with van der Waals surface area (Å²) in [5, 5.41) is 4.10. The van der Waals surface area contributed by atoms with Gasteiger partial charge in [0, 0.05) is 26.0 Å². The third kappa shape index (κ3) is 4.99. The smallest absolute Gasteiger partial charge is 0.145 e. The van der Waals surface area contributed by atoms with Crippen molar-refractivity contribution in [3.05, 3.63) is 12.4 Å². The molecule has 0 aliphatic heterocycles. The molecule has 5 heteroatoms. The molecular weight excluding hydrogens is 210 g/mol. The van der Waals surface area contributed by atoms with E-state index in [1.807, 2.05) is 6.92 Å². The quantitative estimate of drug-likeness (QED) is 0.570. The molecule has 1 aromatic heterocycles. The summed E-state index contributed by atoms with van der Waals surface area (Å²) >= 11 is 1.71. The molecule has 1 rings (SSSR count). The number of rotatable bonds is 7. The highest BCUT2D eigenvalue weighted by molar-refractivity contribution is 7.99. The van der Waals surface area contributed by atoms with Crippen LogP contribution in [0, 0.1) is 0 Å². The summed E-state index contributed by atoms with van der Waals surface area (Å²) in [6.45, 7) is 3.71. The molecule has 0 saturated carbocycles. The zero-order valence-corrected chi connectivity index (χ0v) is 10.0. The van der Waals surface area contributed by atoms with Crippen molar-refractivity contribution in [2.45, 2.75) is 18.4 Å². The second kappa shape index (κ2) is 7.48. The third-order valence-electron chi connectivity index (χ3n) is 1.71. The van der Waals surface area contributed by atoms with Crippen molar-refractivity contribution in [3.8, 4) is 0 Å². The van der Waals surface area contributed by atoms with Crippen molar-refractivity contribution in [2.24, 2.45) is 0 Å². The van der Waals surface area contributed by atoms with E-state index in [4.69, 9.17) is 4.74 Å². The molecular formula is C10H17N3OS. The number of hydrogen-bond acceptors (Lipinski definition) is 5. The Morgan fingerprint density at radius 1 is 1.47 bits per heavy atom. The van der Waals surface area contributed by atoms with E-state index in [9.17, 15) is 0 Å². The van der Waals surface area contributed by atoms with Crippen LogP contribution in [0.3, 0.4) is 0 Å². The Kier molecular flexibility index (Phi) is 6.11. The van der Waals surface area contributed by atoms with Gasteiger partial charge >= 0.3 is 0 Å². The second-order valence-electron chi connectivity index (χ2n) is 2.97. The first-order valence-electron chi connectivity index (χ1n) is 5.04. The van der Waals surface area contributed by atoms with E-state index in [-0.39, 0.29) is 0 Å². The Hall–Kier alpha value is -0.810. The highest BCUT2D eigenvalue weighted by Crippen LogP contribution is 2.16. The van der Waals surface area contributed by atoms with E-state index < -0.39 is 0 Å². The molecule has 0 atom stereocenters. The number of aromatic nitrogens is 2. The van der Waals surface area contributed by atoms with E-state index in [2.05, 4.69) is 15.3 Å². The first-order valence-corrected chi connectivity index (χ1v) is 6.03. The summed E-state index contributed by atoms with van der Waals surface area (Å²) in [7, 11) is 1.72. The lowest BCUT2D eigenvalue weighted by molar-refractivity contribution is 0.200. The number of anilines is 1. The summed E-state index contributed by atoms with van der Waals surface area (Å²) in [6.07, 6.45) is 4.56. The predicted octanol–water partition coefficient (Wildman–Crippen LogP) is 2.04. The fourth-order valence-corrected chi connectivity index (χ4v) is 1.83. The topological polar surface area (TPSA) is 47.0 Å². The van der Waals surface area contributed by atoms with Crippen molar-refractivity contribution < 1.29 is 4.74 Å². The van der Waals surface area contributed by atoms with Crippen LogP contribution < -0.4 is 5.32 Å². The van der Waals surface area contributed by atoms with Crippen molar-refractivity contribution >= 4 is 17.6 Å². The van der Waals surface area contributed by atoms with E-state index >= 15 is 0 Å². The maximum Gasteiger partial charge on any atom is 0.145 e. The van der Waals surface area contributed by atoms with Crippen LogP contribution in [-0.2, 0) is 4.74 Å². The Morgan fingerprint density at radius 3 is 3.07 bits per heavy atom. The Labute approximate surface area is 94.8 Å². The van der Waals surface area contributed by atoms with E-state index in [1.165, 1.54) is 0 Å². The standard InChI is InChI=1S/C10H17N3OS/c1-3-12-9-7-11-8-10(13-9)15-6-4-5-14-2/h7-8H,3-6H2,1-2H3,(H,12,13). The highest BCUT2D eigenvalue weighted by Gasteiger charge is 1.98. The van der Waals surface area contributed by atoms with E-state index in [1.54, 1.807) is 31.3 Å². The number of nitrogens with zero attached hydrogens (tertiary/aromatic N) is 2. The van der Waals surface area contributed by atoms with Gasteiger partial charge in [0.1, 0.15) is 10.8 Å². The molecule has 1 N–H and O–H groups in total. The van der Waals surface area contributed by atoms with E-state index in [0.717, 1.165) is 36.2 Å². The number of nitrogens with one attached hydrogen (secondary N) is 1. The Bertz CT molecular complexity index is 283. The number of thioether (sulfide) groups is 1. The lowest BCUT2D eigenvalue weighted by atomic mass is 10.5. The molecule has 0 fully saturated rings. The zero-order valence-electron chi connectivity index (χ0n) is 9.19. The molecule has 0 spiro atoms. The minimum absolute atomic E-state index is 0.799. The molecule has 1 aromatic rings. The molecule has 0 aliphatic carbocycles. The highest BCUT2D eigenvalue weighted by atomic mass is 32.2. The monoisotopic (exact) mass is 227 g/mol. The minimum Gasteiger partial charge on any atom is -0.385 e. The lowest BCUT2D eigenvalue weighted by Crippen LogP contribution is -2.00. The molecule has 0 saturated heterocycles. The lowest BCUT2D eigenvalue weighted by Gasteiger charge is -2.04. The van der Waals surface area contributed by atoms with Gasteiger partial charge in [-0.25, -0.2) is 4.98 Å². The summed E-state index contributed by atoms with van der Waals surface area (Å²) in [5.74, 6) is 1.85. The van der Waals surface area contributed by atoms with Gasteiger partial charge in [0.15, 0.2) is 0 Å². The van der Waals surface area contributed by atoms with Crippen molar-refractivity contribution in [1.82, 2.24) is 9.97 Å². The summed E-state index contributed by atoms with van der Waals surface area (Å²) in [6, 6.07) is 0. The molecule has 0 amide bonds. The van der Waals surface area contributed by atoms with Crippen molar-refractivity contribution in [3.63, 3.8) is 0 Å². The van der Waals surface area contributed by atoms with Crippen LogP contribution >= 0.6 is 11.8 Å². The van der Waals surface area contributed by atoms with Crippen LogP contribution in [0.25, 0.3) is 0 Å². The largest absolute Gasteiger partial charge is 0.385 e. The van der Waals surface area contributed by atoms with Crippen LogP contribution in [0.2, 0.25) is 0 Å². The minimum atomic E-state index is 0.799. The Morgan fingerprint density at radius 2 is 2.33 bits per heavy atom. The third-order valence-corrected chi connectivity index (χ3v) is 2.70. The van der Waals surface area contributed by atoms with Gasteiger partial charge < -0.3 is 10.1 Å². The molecule has 0 unspecified atom stereocenters. The molecule has 0 aromatic carbocycles. The fourth-order valence-electron chi connectivity index (χ4n) is 1.06. The van der Waals surface area contributed by atoms with Gasteiger partial charge in [0.2, 0.25) is 0 Å². The van der Waals surface area contributed by atoms with Gasteiger partial charge in [0.05, 0.1) is 12.4 Å². The molecule has 0 bridgehead atoms. The number of methoxy groups -OCH3 is 1. The average molecular weight is 227 g/mol. The van der Waals surface area contributed by atoms with Gasteiger partial charge in [-0.1, -0.05) is 0 Å². The van der Waals surface area contributed by atoms with Gasteiger partial charge in [-0.3, -0.25) is 4.98 Å². The maximum atomic E-state index is 4.98.